The van der Waals surface area contributed by atoms with Crippen molar-refractivity contribution in [3.05, 3.63) is 38.9 Å². The van der Waals surface area contributed by atoms with Crippen molar-refractivity contribution >= 4 is 29.1 Å². The molecule has 0 fully saturated rings. The van der Waals surface area contributed by atoms with Crippen molar-refractivity contribution in [2.24, 2.45) is 0 Å². The molecule has 0 radical (unpaired) electrons. The number of benzene rings is 1. The summed E-state index contributed by atoms with van der Waals surface area (Å²) in [6.45, 7) is 1.99. The summed E-state index contributed by atoms with van der Waals surface area (Å²) < 4.78 is 0. The molecule has 0 aromatic heterocycles. The van der Waals surface area contributed by atoms with Gasteiger partial charge in [0.05, 0.1) is 22.1 Å². The topological polar surface area (TPSA) is 83.8 Å². The van der Waals surface area contributed by atoms with Gasteiger partial charge in [-0.25, -0.2) is 0 Å². The highest BCUT2D eigenvalue weighted by molar-refractivity contribution is 6.34. The van der Waals surface area contributed by atoms with Gasteiger partial charge in [-0.1, -0.05) is 11.6 Å². The number of nitro groups is 1. The molecule has 21 heavy (non-hydrogen) atoms. The molecular weight excluding hydrogens is 298 g/mol. The summed E-state index contributed by atoms with van der Waals surface area (Å²) in [7, 11) is 3.19. The molecule has 2 amide bonds. The zero-order valence-electron chi connectivity index (χ0n) is 12.0. The first-order chi connectivity index (χ1) is 9.77. The van der Waals surface area contributed by atoms with Gasteiger partial charge in [0.2, 0.25) is 5.91 Å². The van der Waals surface area contributed by atoms with Gasteiger partial charge in [0, 0.05) is 32.8 Å². The van der Waals surface area contributed by atoms with E-state index in [1.165, 1.54) is 21.9 Å². The van der Waals surface area contributed by atoms with Gasteiger partial charge in [-0.05, 0) is 13.0 Å². The highest BCUT2D eigenvalue weighted by Gasteiger charge is 2.21. The molecule has 0 heterocycles. The highest BCUT2D eigenvalue weighted by Crippen LogP contribution is 2.23. The van der Waals surface area contributed by atoms with Crippen LogP contribution in [-0.2, 0) is 4.79 Å². The van der Waals surface area contributed by atoms with E-state index in [0.717, 1.165) is 6.07 Å². The first-order valence-corrected chi connectivity index (χ1v) is 6.59. The second-order valence-corrected chi connectivity index (χ2v) is 4.94. The number of hydrogen-bond acceptors (Lipinski definition) is 4. The molecule has 0 saturated heterocycles. The van der Waals surface area contributed by atoms with Crippen LogP contribution in [0.4, 0.5) is 5.69 Å². The van der Waals surface area contributed by atoms with Crippen molar-refractivity contribution in [2.45, 2.75) is 6.92 Å². The van der Waals surface area contributed by atoms with Crippen molar-refractivity contribution in [3.8, 4) is 0 Å². The average molecular weight is 314 g/mol. The zero-order valence-corrected chi connectivity index (χ0v) is 12.8. The van der Waals surface area contributed by atoms with E-state index in [0.29, 0.717) is 6.54 Å². The largest absolute Gasteiger partial charge is 0.347 e. The molecule has 8 heteroatoms. The zero-order chi connectivity index (χ0) is 16.2. The van der Waals surface area contributed by atoms with E-state index in [-0.39, 0.29) is 28.7 Å². The molecule has 0 atom stereocenters. The van der Waals surface area contributed by atoms with Crippen molar-refractivity contribution in [1.82, 2.24) is 9.80 Å². The number of amides is 2. The maximum Gasteiger partial charge on any atom is 0.270 e. The van der Waals surface area contributed by atoms with Crippen molar-refractivity contribution < 1.29 is 14.5 Å². The summed E-state index contributed by atoms with van der Waals surface area (Å²) in [4.78, 5) is 36.8. The van der Waals surface area contributed by atoms with E-state index in [1.807, 2.05) is 0 Å². The lowest BCUT2D eigenvalue weighted by Crippen LogP contribution is -2.40. The van der Waals surface area contributed by atoms with Crippen molar-refractivity contribution in [3.63, 3.8) is 0 Å². The van der Waals surface area contributed by atoms with Crippen LogP contribution in [0.5, 0.6) is 0 Å². The van der Waals surface area contributed by atoms with Gasteiger partial charge < -0.3 is 9.80 Å². The van der Waals surface area contributed by atoms with E-state index in [1.54, 1.807) is 21.0 Å². The Kier molecular flexibility index (Phi) is 5.66. The Balaban J connectivity index is 3.00. The SMILES string of the molecule is CCN(CC(=O)N(C)C)C(=O)c1ccc([N+](=O)[O-])cc1Cl. The molecule has 1 aromatic carbocycles. The quantitative estimate of drug-likeness (QED) is 0.613. The molecule has 0 unspecified atom stereocenters. The van der Waals surface area contributed by atoms with Crippen LogP contribution >= 0.6 is 11.6 Å². The predicted octanol–water partition coefficient (Wildman–Crippen LogP) is 1.80. The summed E-state index contributed by atoms with van der Waals surface area (Å²) >= 11 is 5.92. The number of non-ortho nitro benzene ring substituents is 1. The summed E-state index contributed by atoms with van der Waals surface area (Å²) in [6, 6.07) is 3.63. The van der Waals surface area contributed by atoms with Gasteiger partial charge in [0.15, 0.2) is 0 Å². The summed E-state index contributed by atoms with van der Waals surface area (Å²) in [5, 5.41) is 10.6. The maximum atomic E-state index is 12.3. The third-order valence-electron chi connectivity index (χ3n) is 2.89. The predicted molar refractivity (Wildman–Crippen MR) is 78.4 cm³/mol. The highest BCUT2D eigenvalue weighted by atomic mass is 35.5. The molecule has 1 rings (SSSR count). The van der Waals surface area contributed by atoms with Crippen LogP contribution in [0.2, 0.25) is 5.02 Å². The number of likely N-dealkylation sites (N-methyl/N-ethyl adjacent to an activating group) is 2. The van der Waals surface area contributed by atoms with E-state index >= 15 is 0 Å². The second-order valence-electron chi connectivity index (χ2n) is 4.53. The number of carbonyl (C=O) groups is 2. The molecule has 1 aromatic rings. The maximum absolute atomic E-state index is 12.3. The minimum atomic E-state index is -0.590. The molecule has 7 nitrogen and oxygen atoms in total. The minimum Gasteiger partial charge on any atom is -0.347 e. The lowest BCUT2D eigenvalue weighted by Gasteiger charge is -2.22. The van der Waals surface area contributed by atoms with E-state index in [2.05, 4.69) is 0 Å². The van der Waals surface area contributed by atoms with E-state index in [4.69, 9.17) is 11.6 Å². The van der Waals surface area contributed by atoms with Crippen LogP contribution in [0.1, 0.15) is 17.3 Å². The number of nitro benzene ring substituents is 1. The Morgan fingerprint density at radius 1 is 1.33 bits per heavy atom. The monoisotopic (exact) mass is 313 g/mol. The fourth-order valence-corrected chi connectivity index (χ4v) is 1.85. The van der Waals surface area contributed by atoms with Gasteiger partial charge >= 0.3 is 0 Å². The molecule has 0 aliphatic rings. The van der Waals surface area contributed by atoms with Crippen molar-refractivity contribution in [2.75, 3.05) is 27.2 Å². The fraction of sp³-hybridized carbons (Fsp3) is 0.385. The van der Waals surface area contributed by atoms with Crippen LogP contribution in [0, 0.1) is 10.1 Å². The van der Waals surface area contributed by atoms with Crippen LogP contribution in [0.25, 0.3) is 0 Å². The summed E-state index contributed by atoms with van der Waals surface area (Å²) in [6.07, 6.45) is 0. The lowest BCUT2D eigenvalue weighted by atomic mass is 10.1. The number of hydrogen-bond donors (Lipinski definition) is 0. The Bertz CT molecular complexity index is 575. The Morgan fingerprint density at radius 2 is 1.95 bits per heavy atom. The minimum absolute atomic E-state index is 0.00930. The Hall–Kier alpha value is -2.15. The standard InChI is InChI=1S/C13H16ClN3O4/c1-4-16(8-12(18)15(2)3)13(19)10-6-5-9(17(20)21)7-11(10)14/h5-7H,4,8H2,1-3H3. The normalized spacial score (nSPS) is 10.1. The van der Waals surface area contributed by atoms with Crippen LogP contribution in [-0.4, -0.2) is 53.7 Å². The first-order valence-electron chi connectivity index (χ1n) is 6.21. The average Bonchev–Trinajstić information content (AvgIpc) is 2.43. The smallest absolute Gasteiger partial charge is 0.270 e. The molecule has 0 bridgehead atoms. The summed E-state index contributed by atoms with van der Waals surface area (Å²) in [5.74, 6) is -0.657. The van der Waals surface area contributed by atoms with Gasteiger partial charge in [0.1, 0.15) is 0 Å². The second kappa shape index (κ2) is 7.03. The van der Waals surface area contributed by atoms with E-state index in [9.17, 15) is 19.7 Å². The fourth-order valence-electron chi connectivity index (χ4n) is 1.59. The van der Waals surface area contributed by atoms with Gasteiger partial charge in [-0.2, -0.15) is 0 Å². The van der Waals surface area contributed by atoms with Crippen LogP contribution in [0.3, 0.4) is 0 Å². The molecule has 114 valence electrons. The Morgan fingerprint density at radius 3 is 2.38 bits per heavy atom. The van der Waals surface area contributed by atoms with Gasteiger partial charge in [-0.3, -0.25) is 19.7 Å². The number of nitrogens with zero attached hydrogens (tertiary/aromatic N) is 3. The third kappa shape index (κ3) is 4.16. The molecule has 0 N–H and O–H groups in total. The van der Waals surface area contributed by atoms with Crippen LogP contribution < -0.4 is 0 Å². The molecule has 0 aliphatic carbocycles. The van der Waals surface area contributed by atoms with E-state index < -0.39 is 10.8 Å². The molecule has 0 aliphatic heterocycles. The number of halogens is 1. The molecular formula is C13H16ClN3O4. The molecule has 0 saturated carbocycles. The lowest BCUT2D eigenvalue weighted by molar-refractivity contribution is -0.384. The molecule has 0 spiro atoms. The summed E-state index contributed by atoms with van der Waals surface area (Å²) in [5.41, 5.74) is -0.0559. The van der Waals surface area contributed by atoms with Gasteiger partial charge in [0.25, 0.3) is 11.6 Å². The van der Waals surface area contributed by atoms with Crippen LogP contribution in [0.15, 0.2) is 18.2 Å². The van der Waals surface area contributed by atoms with Crippen molar-refractivity contribution in [1.29, 1.82) is 0 Å². The third-order valence-corrected chi connectivity index (χ3v) is 3.20. The number of carbonyl (C=O) groups excluding carboxylic acids is 2. The first kappa shape index (κ1) is 16.9. The number of rotatable bonds is 5. The van der Waals surface area contributed by atoms with Gasteiger partial charge in [-0.15, -0.1) is 0 Å². The Labute approximate surface area is 127 Å².